The third-order valence-corrected chi connectivity index (χ3v) is 7.02. The van der Waals surface area contributed by atoms with Gasteiger partial charge >= 0.3 is 0 Å². The second-order valence-corrected chi connectivity index (χ2v) is 9.14. The molecule has 0 bridgehead atoms. The molecule has 0 spiro atoms. The number of aromatic nitrogens is 2. The summed E-state index contributed by atoms with van der Waals surface area (Å²) < 4.78 is 0. The number of amides is 1. The summed E-state index contributed by atoms with van der Waals surface area (Å²) in [6.45, 7) is 4.72. The van der Waals surface area contributed by atoms with Crippen LogP contribution in [-0.4, -0.2) is 47.0 Å². The summed E-state index contributed by atoms with van der Waals surface area (Å²) in [5.74, 6) is 1.43. The maximum Gasteiger partial charge on any atom is 0.226 e. The Morgan fingerprint density at radius 3 is 2.77 bits per heavy atom. The minimum atomic E-state index is 0.0616. The van der Waals surface area contributed by atoms with E-state index in [1.807, 2.05) is 18.3 Å². The minimum absolute atomic E-state index is 0.0616. The Hall–Kier alpha value is -2.77. The van der Waals surface area contributed by atoms with Crippen LogP contribution in [0.3, 0.4) is 0 Å². The van der Waals surface area contributed by atoms with Crippen LogP contribution in [0.4, 0.5) is 10.9 Å². The van der Waals surface area contributed by atoms with Crippen molar-refractivity contribution in [2.75, 3.05) is 36.4 Å². The highest BCUT2D eigenvalue weighted by Gasteiger charge is 2.24. The summed E-state index contributed by atoms with van der Waals surface area (Å²) in [6, 6.07) is 14.5. The number of carbonyl (C=O) groups excluding carboxylic acids is 1. The summed E-state index contributed by atoms with van der Waals surface area (Å²) in [5.41, 5.74) is 3.75. The van der Waals surface area contributed by atoms with E-state index in [0.29, 0.717) is 17.5 Å². The van der Waals surface area contributed by atoms with E-state index in [-0.39, 0.29) is 5.91 Å². The lowest BCUT2D eigenvalue weighted by atomic mass is 9.97. The van der Waals surface area contributed by atoms with Gasteiger partial charge in [-0.05, 0) is 42.0 Å². The standard InChI is InChI=1S/C24H27N5OS/c30-23(15-19-9-8-18-5-1-2-6-21(18)19)27-24-26-20(17-31-24)16-28-11-13-29(14-12-28)22-7-3-4-10-25-22/h1-7,10,17,19H,8-9,11-16H2,(H,26,27,30). The first kappa shape index (κ1) is 20.2. The van der Waals surface area contributed by atoms with Crippen LogP contribution in [0.2, 0.25) is 0 Å². The van der Waals surface area contributed by atoms with Gasteiger partial charge in [0.15, 0.2) is 5.13 Å². The molecule has 1 fully saturated rings. The molecule has 1 amide bonds. The van der Waals surface area contributed by atoms with Gasteiger partial charge in [-0.25, -0.2) is 9.97 Å². The highest BCUT2D eigenvalue weighted by molar-refractivity contribution is 7.13. The molecule has 160 valence electrons. The van der Waals surface area contributed by atoms with Gasteiger partial charge in [-0.1, -0.05) is 30.3 Å². The smallest absolute Gasteiger partial charge is 0.226 e. The number of nitrogens with one attached hydrogen (secondary N) is 1. The third kappa shape index (κ3) is 4.78. The van der Waals surface area contributed by atoms with Gasteiger partial charge in [-0.2, -0.15) is 0 Å². The zero-order chi connectivity index (χ0) is 21.0. The van der Waals surface area contributed by atoms with E-state index in [1.165, 1.54) is 22.5 Å². The maximum absolute atomic E-state index is 12.6. The molecule has 1 unspecified atom stereocenters. The lowest BCUT2D eigenvalue weighted by Crippen LogP contribution is -2.46. The van der Waals surface area contributed by atoms with Gasteiger partial charge in [0.05, 0.1) is 5.69 Å². The number of hydrogen-bond acceptors (Lipinski definition) is 6. The number of pyridine rings is 1. The molecule has 2 aliphatic rings. The Morgan fingerprint density at radius 1 is 1.10 bits per heavy atom. The zero-order valence-electron chi connectivity index (χ0n) is 17.5. The van der Waals surface area contributed by atoms with E-state index >= 15 is 0 Å². The predicted molar refractivity (Wildman–Crippen MR) is 125 cm³/mol. The van der Waals surface area contributed by atoms with Crippen molar-refractivity contribution in [2.45, 2.75) is 31.7 Å². The molecule has 1 N–H and O–H groups in total. The SMILES string of the molecule is O=C(CC1CCc2ccccc21)Nc1nc(CN2CCN(c3ccccn3)CC2)cs1. The molecule has 0 saturated carbocycles. The van der Waals surface area contributed by atoms with Crippen LogP contribution < -0.4 is 10.2 Å². The summed E-state index contributed by atoms with van der Waals surface area (Å²) in [7, 11) is 0. The Morgan fingerprint density at radius 2 is 1.94 bits per heavy atom. The monoisotopic (exact) mass is 433 g/mol. The molecule has 1 aromatic carbocycles. The molecule has 7 heteroatoms. The second-order valence-electron chi connectivity index (χ2n) is 8.28. The van der Waals surface area contributed by atoms with Crippen LogP contribution in [0, 0.1) is 0 Å². The quantitative estimate of drug-likeness (QED) is 0.638. The average molecular weight is 434 g/mol. The van der Waals surface area contributed by atoms with Crippen molar-refractivity contribution in [1.82, 2.24) is 14.9 Å². The molecule has 3 aromatic rings. The van der Waals surface area contributed by atoms with E-state index in [0.717, 1.165) is 57.1 Å². The largest absolute Gasteiger partial charge is 0.354 e. The van der Waals surface area contributed by atoms with Crippen LogP contribution in [-0.2, 0) is 17.8 Å². The molecule has 1 saturated heterocycles. The Kier molecular flexibility index (Phi) is 5.95. The van der Waals surface area contributed by atoms with Gasteiger partial charge in [0.2, 0.25) is 5.91 Å². The predicted octanol–water partition coefficient (Wildman–Crippen LogP) is 3.92. The molecule has 2 aromatic heterocycles. The zero-order valence-corrected chi connectivity index (χ0v) is 18.4. The molecule has 3 heterocycles. The molecule has 1 aliphatic carbocycles. The molecule has 1 atom stereocenters. The molecule has 0 radical (unpaired) electrons. The summed E-state index contributed by atoms with van der Waals surface area (Å²) >= 11 is 1.52. The van der Waals surface area contributed by atoms with Gasteiger partial charge in [-0.3, -0.25) is 9.69 Å². The lowest BCUT2D eigenvalue weighted by molar-refractivity contribution is -0.116. The van der Waals surface area contributed by atoms with Gasteiger partial charge < -0.3 is 10.2 Å². The number of hydrogen-bond donors (Lipinski definition) is 1. The van der Waals surface area contributed by atoms with Crippen molar-refractivity contribution in [3.05, 3.63) is 70.9 Å². The Labute approximate surface area is 186 Å². The normalized spacial score (nSPS) is 18.7. The lowest BCUT2D eigenvalue weighted by Gasteiger charge is -2.35. The number of thiazole rings is 1. The molecule has 31 heavy (non-hydrogen) atoms. The van der Waals surface area contributed by atoms with Crippen LogP contribution in [0.25, 0.3) is 0 Å². The number of aryl methyl sites for hydroxylation is 1. The Balaban J connectivity index is 1.10. The van der Waals surface area contributed by atoms with Crippen molar-refractivity contribution in [3.63, 3.8) is 0 Å². The number of benzene rings is 1. The van der Waals surface area contributed by atoms with Crippen LogP contribution in [0.15, 0.2) is 54.0 Å². The summed E-state index contributed by atoms with van der Waals surface area (Å²) in [6.07, 6.45) is 4.50. The van der Waals surface area contributed by atoms with Crippen molar-refractivity contribution in [1.29, 1.82) is 0 Å². The van der Waals surface area contributed by atoms with Gasteiger partial charge in [0, 0.05) is 50.7 Å². The van der Waals surface area contributed by atoms with Gasteiger partial charge in [-0.15, -0.1) is 11.3 Å². The van der Waals surface area contributed by atoms with Gasteiger partial charge in [0.25, 0.3) is 0 Å². The fourth-order valence-corrected chi connectivity index (χ4v) is 5.31. The van der Waals surface area contributed by atoms with Crippen LogP contribution >= 0.6 is 11.3 Å². The number of anilines is 2. The van der Waals surface area contributed by atoms with E-state index in [1.54, 1.807) is 0 Å². The van der Waals surface area contributed by atoms with Crippen molar-refractivity contribution in [2.24, 2.45) is 0 Å². The first-order valence-electron chi connectivity index (χ1n) is 10.9. The maximum atomic E-state index is 12.6. The number of rotatable bonds is 6. The Bertz CT molecular complexity index is 1030. The summed E-state index contributed by atoms with van der Waals surface area (Å²) in [5, 5.41) is 5.79. The summed E-state index contributed by atoms with van der Waals surface area (Å²) in [4.78, 5) is 26.4. The first-order valence-corrected chi connectivity index (χ1v) is 11.8. The highest BCUT2D eigenvalue weighted by Crippen LogP contribution is 2.35. The van der Waals surface area contributed by atoms with Crippen LogP contribution in [0.5, 0.6) is 0 Å². The first-order chi connectivity index (χ1) is 15.2. The molecular weight excluding hydrogens is 406 g/mol. The van der Waals surface area contributed by atoms with Crippen molar-refractivity contribution < 1.29 is 4.79 Å². The highest BCUT2D eigenvalue weighted by atomic mass is 32.1. The van der Waals surface area contributed by atoms with Gasteiger partial charge in [0.1, 0.15) is 5.82 Å². The third-order valence-electron chi connectivity index (χ3n) is 6.22. The topological polar surface area (TPSA) is 61.4 Å². The molecule has 1 aliphatic heterocycles. The minimum Gasteiger partial charge on any atom is -0.354 e. The van der Waals surface area contributed by atoms with Crippen molar-refractivity contribution in [3.8, 4) is 0 Å². The van der Waals surface area contributed by atoms with E-state index in [4.69, 9.17) is 0 Å². The fraction of sp³-hybridized carbons (Fsp3) is 0.375. The number of nitrogens with zero attached hydrogens (tertiary/aromatic N) is 4. The molecule has 6 nitrogen and oxygen atoms in total. The van der Waals surface area contributed by atoms with E-state index in [2.05, 4.69) is 60.8 Å². The fourth-order valence-electron chi connectivity index (χ4n) is 4.59. The number of fused-ring (bicyclic) bond motifs is 1. The number of piperazine rings is 1. The van der Waals surface area contributed by atoms with Crippen LogP contribution in [0.1, 0.15) is 35.6 Å². The molecular formula is C24H27N5OS. The molecule has 5 rings (SSSR count). The van der Waals surface area contributed by atoms with E-state index < -0.39 is 0 Å². The second kappa shape index (κ2) is 9.16. The number of carbonyl (C=O) groups is 1. The average Bonchev–Trinajstić information content (AvgIpc) is 3.42. The van der Waals surface area contributed by atoms with E-state index in [9.17, 15) is 4.79 Å². The van der Waals surface area contributed by atoms with Crippen molar-refractivity contribution >= 4 is 28.2 Å².